The molecule has 8 heteroatoms. The number of benzene rings is 2. The van der Waals surface area contributed by atoms with Crippen molar-refractivity contribution in [3.05, 3.63) is 70.2 Å². The van der Waals surface area contributed by atoms with Crippen molar-refractivity contribution in [2.24, 2.45) is 0 Å². The topological polar surface area (TPSA) is 82.7 Å². The zero-order chi connectivity index (χ0) is 23.2. The van der Waals surface area contributed by atoms with Gasteiger partial charge in [0.1, 0.15) is 11.6 Å². The van der Waals surface area contributed by atoms with E-state index in [4.69, 9.17) is 9.72 Å². The van der Waals surface area contributed by atoms with E-state index < -0.39 is 0 Å². The van der Waals surface area contributed by atoms with Crippen LogP contribution in [-0.4, -0.2) is 50.0 Å². The van der Waals surface area contributed by atoms with Gasteiger partial charge >= 0.3 is 0 Å². The number of thiophene rings is 1. The minimum atomic E-state index is 0.381. The molecular formula is C27H26N6OS. The molecule has 0 radical (unpaired) electrons. The van der Waals surface area contributed by atoms with Crippen LogP contribution in [0.4, 0.5) is 0 Å². The first-order valence-corrected chi connectivity index (χ1v) is 13.1. The van der Waals surface area contributed by atoms with Crippen molar-refractivity contribution in [1.82, 2.24) is 30.3 Å². The monoisotopic (exact) mass is 482 g/mol. The van der Waals surface area contributed by atoms with Gasteiger partial charge in [0.25, 0.3) is 0 Å². The smallest absolute Gasteiger partial charge is 0.181 e. The van der Waals surface area contributed by atoms with E-state index in [9.17, 15) is 0 Å². The number of hydrogen-bond acceptors (Lipinski definition) is 6. The molecule has 5 heterocycles. The van der Waals surface area contributed by atoms with Crippen LogP contribution in [0.5, 0.6) is 5.75 Å². The Kier molecular flexibility index (Phi) is 5.14. The van der Waals surface area contributed by atoms with Crippen molar-refractivity contribution in [2.75, 3.05) is 19.7 Å². The number of aromatic amines is 2. The van der Waals surface area contributed by atoms with Gasteiger partial charge in [-0.3, -0.25) is 15.1 Å². The number of nitrogens with one attached hydrogen (secondary N) is 2. The predicted molar refractivity (Wildman–Crippen MR) is 138 cm³/mol. The number of hydrogen-bond donors (Lipinski definition) is 2. The highest BCUT2D eigenvalue weighted by Crippen LogP contribution is 2.34. The minimum Gasteiger partial charge on any atom is -0.493 e. The maximum Gasteiger partial charge on any atom is 0.181 e. The second-order valence-electron chi connectivity index (χ2n) is 9.45. The van der Waals surface area contributed by atoms with Gasteiger partial charge in [-0.25, -0.2) is 4.98 Å². The fraction of sp³-hybridized carbons (Fsp3) is 0.296. The summed E-state index contributed by atoms with van der Waals surface area (Å²) in [5.41, 5.74) is 5.30. The van der Waals surface area contributed by atoms with Gasteiger partial charge in [-0.15, -0.1) is 11.3 Å². The molecule has 0 amide bonds. The first-order chi connectivity index (χ1) is 17.3. The van der Waals surface area contributed by atoms with Crippen LogP contribution in [0, 0.1) is 0 Å². The molecule has 2 aromatic carbocycles. The number of H-pyrrole nitrogens is 2. The van der Waals surface area contributed by atoms with Crippen molar-refractivity contribution in [1.29, 1.82) is 0 Å². The van der Waals surface area contributed by atoms with Crippen LogP contribution in [0.1, 0.15) is 35.0 Å². The summed E-state index contributed by atoms with van der Waals surface area (Å²) in [6.07, 6.45) is 3.27. The van der Waals surface area contributed by atoms with Crippen molar-refractivity contribution < 1.29 is 4.74 Å². The molecule has 0 saturated carbocycles. The number of nitrogens with zero attached hydrogens (tertiary/aromatic N) is 4. The van der Waals surface area contributed by atoms with Gasteiger partial charge in [-0.1, -0.05) is 6.07 Å². The summed E-state index contributed by atoms with van der Waals surface area (Å²) in [6, 6.07) is 17.0. The summed E-state index contributed by atoms with van der Waals surface area (Å²) in [5, 5.41) is 18.9. The molecule has 0 unspecified atom stereocenters. The highest BCUT2D eigenvalue weighted by Gasteiger charge is 2.25. The number of likely N-dealkylation sites (tertiary alicyclic amines) is 1. The van der Waals surface area contributed by atoms with E-state index in [-0.39, 0.29) is 0 Å². The fourth-order valence-corrected chi connectivity index (χ4v) is 6.08. The fourth-order valence-electron chi connectivity index (χ4n) is 5.34. The summed E-state index contributed by atoms with van der Waals surface area (Å²) in [7, 11) is 0. The highest BCUT2D eigenvalue weighted by atomic mass is 32.1. The molecule has 2 aliphatic heterocycles. The maximum absolute atomic E-state index is 5.67. The average molecular weight is 483 g/mol. The quantitative estimate of drug-likeness (QED) is 0.351. The summed E-state index contributed by atoms with van der Waals surface area (Å²) >= 11 is 1.83. The minimum absolute atomic E-state index is 0.381. The molecule has 2 N–H and O–H groups in total. The molecule has 1 atom stereocenters. The zero-order valence-electron chi connectivity index (χ0n) is 19.3. The van der Waals surface area contributed by atoms with E-state index in [1.807, 2.05) is 11.3 Å². The van der Waals surface area contributed by atoms with Crippen LogP contribution in [-0.2, 0) is 13.0 Å². The number of aromatic nitrogens is 5. The first kappa shape index (κ1) is 20.8. The van der Waals surface area contributed by atoms with E-state index >= 15 is 0 Å². The second kappa shape index (κ2) is 8.62. The van der Waals surface area contributed by atoms with Crippen molar-refractivity contribution in [3.63, 3.8) is 0 Å². The number of piperidine rings is 1. The molecule has 5 aromatic rings. The Bertz CT molecular complexity index is 1490. The molecule has 3 aromatic heterocycles. The maximum atomic E-state index is 5.67. The number of rotatable bonds is 5. The lowest BCUT2D eigenvalue weighted by Crippen LogP contribution is -2.34. The molecular weight excluding hydrogens is 456 g/mol. The molecule has 0 bridgehead atoms. The van der Waals surface area contributed by atoms with Gasteiger partial charge in [-0.2, -0.15) is 10.2 Å². The van der Waals surface area contributed by atoms with Crippen LogP contribution in [0.2, 0.25) is 0 Å². The summed E-state index contributed by atoms with van der Waals surface area (Å²) in [4.78, 5) is 8.89. The van der Waals surface area contributed by atoms with Gasteiger partial charge in [0.2, 0.25) is 0 Å². The van der Waals surface area contributed by atoms with E-state index in [2.05, 4.69) is 79.2 Å². The van der Waals surface area contributed by atoms with Crippen molar-refractivity contribution in [2.45, 2.75) is 31.7 Å². The van der Waals surface area contributed by atoms with Crippen LogP contribution in [0.25, 0.3) is 33.5 Å². The highest BCUT2D eigenvalue weighted by molar-refractivity contribution is 7.09. The Morgan fingerprint density at radius 1 is 1.06 bits per heavy atom. The Morgan fingerprint density at radius 2 is 2.03 bits per heavy atom. The molecule has 7 nitrogen and oxygen atoms in total. The molecule has 1 saturated heterocycles. The third kappa shape index (κ3) is 3.92. The van der Waals surface area contributed by atoms with Gasteiger partial charge in [0.15, 0.2) is 5.82 Å². The second-order valence-corrected chi connectivity index (χ2v) is 10.5. The lowest BCUT2D eigenvalue weighted by atomic mass is 9.97. The summed E-state index contributed by atoms with van der Waals surface area (Å²) in [5.74, 6) is 3.10. The Balaban J connectivity index is 1.15. The van der Waals surface area contributed by atoms with Crippen molar-refractivity contribution >= 4 is 22.2 Å². The Morgan fingerprint density at radius 3 is 2.97 bits per heavy atom. The largest absolute Gasteiger partial charge is 0.493 e. The normalized spacial score (nSPS) is 18.1. The van der Waals surface area contributed by atoms with Gasteiger partial charge in [-0.05, 0) is 72.8 Å². The predicted octanol–water partition coefficient (Wildman–Crippen LogP) is 5.39. The third-order valence-electron chi connectivity index (χ3n) is 7.14. The summed E-state index contributed by atoms with van der Waals surface area (Å²) < 4.78 is 5.67. The lowest BCUT2D eigenvalue weighted by Gasteiger charge is -2.31. The van der Waals surface area contributed by atoms with E-state index in [0.717, 1.165) is 84.2 Å². The average Bonchev–Trinajstić information content (AvgIpc) is 3.70. The Labute approximate surface area is 207 Å². The van der Waals surface area contributed by atoms with Gasteiger partial charge in [0.05, 0.1) is 17.8 Å². The zero-order valence-corrected chi connectivity index (χ0v) is 20.1. The Hall–Kier alpha value is -3.49. The van der Waals surface area contributed by atoms with E-state index in [1.54, 1.807) is 0 Å². The van der Waals surface area contributed by atoms with Crippen molar-refractivity contribution in [3.8, 4) is 28.4 Å². The van der Waals surface area contributed by atoms with Crippen LogP contribution in [0.3, 0.4) is 0 Å². The molecule has 176 valence electrons. The molecule has 0 aliphatic carbocycles. The van der Waals surface area contributed by atoms with Crippen LogP contribution in [0.15, 0.2) is 53.9 Å². The first-order valence-electron chi connectivity index (χ1n) is 12.2. The number of ether oxygens (including phenoxy) is 1. The summed E-state index contributed by atoms with van der Waals surface area (Å²) in [6.45, 7) is 3.93. The molecule has 7 rings (SSSR count). The molecule has 35 heavy (non-hydrogen) atoms. The van der Waals surface area contributed by atoms with Gasteiger partial charge in [0, 0.05) is 46.8 Å². The molecule has 0 spiro atoms. The lowest BCUT2D eigenvalue weighted by molar-refractivity contribution is 0.198. The molecule has 1 fully saturated rings. The van der Waals surface area contributed by atoms with E-state index in [0.29, 0.717) is 5.92 Å². The SMILES string of the molecule is c1csc(CN2CCC[C@@H](c3nc(-c4ccc5[nH]nc(-c6ccc7c(c6)CCO7)c5c4)n[nH]3)C2)c1. The molecule has 2 aliphatic rings. The van der Waals surface area contributed by atoms with Gasteiger partial charge < -0.3 is 4.74 Å². The van der Waals surface area contributed by atoms with Crippen LogP contribution >= 0.6 is 11.3 Å². The third-order valence-corrected chi connectivity index (χ3v) is 8.00. The van der Waals surface area contributed by atoms with Crippen LogP contribution < -0.4 is 4.74 Å². The van der Waals surface area contributed by atoms with E-state index in [1.165, 1.54) is 16.9 Å². The standard InChI is InChI=1S/C27H26N6OS/c1-3-20(15-33(10-1)16-21-4-2-12-35-21)27-28-26(31-32-27)19-5-7-23-22(14-19)25(30-29-23)18-6-8-24-17(13-18)9-11-34-24/h2,4-8,12-14,20H,1,3,9-11,15-16H2,(H,29,30)(H,28,31,32)/t20-/m1/s1. The number of fused-ring (bicyclic) bond motifs is 2.